The van der Waals surface area contributed by atoms with Crippen molar-refractivity contribution in [1.29, 1.82) is 0 Å². The van der Waals surface area contributed by atoms with Gasteiger partial charge in [0.05, 0.1) is 7.11 Å². The summed E-state index contributed by atoms with van der Waals surface area (Å²) in [6.07, 6.45) is 2.23. The number of para-hydroxylation sites is 1. The minimum atomic E-state index is -2.38. The van der Waals surface area contributed by atoms with Crippen LogP contribution in [0.5, 0.6) is 5.75 Å². The first kappa shape index (κ1) is 19.0. The summed E-state index contributed by atoms with van der Waals surface area (Å²) in [6.45, 7) is 0. The molecule has 0 atom stereocenters. The van der Waals surface area contributed by atoms with E-state index in [1.54, 1.807) is 7.11 Å². The highest BCUT2D eigenvalue weighted by molar-refractivity contribution is 7.15. The van der Waals surface area contributed by atoms with Crippen LogP contribution in [0.25, 0.3) is 6.08 Å². The average molecular weight is 393 g/mol. The molecule has 0 fully saturated rings. The lowest BCUT2D eigenvalue weighted by atomic mass is 10.2. The van der Waals surface area contributed by atoms with Crippen molar-refractivity contribution in [3.63, 3.8) is 0 Å². The van der Waals surface area contributed by atoms with Crippen molar-refractivity contribution in [1.82, 2.24) is 0 Å². The lowest BCUT2D eigenvalue weighted by molar-refractivity contribution is 0.414. The molecule has 4 aromatic rings. The van der Waals surface area contributed by atoms with Gasteiger partial charge in [-0.15, -0.1) is 0 Å². The smallest absolute Gasteiger partial charge is 0.172 e. The highest BCUT2D eigenvalue weighted by atomic mass is 28.3. The van der Waals surface area contributed by atoms with Crippen molar-refractivity contribution in [2.24, 2.45) is 0 Å². The number of hydrogen-bond acceptors (Lipinski definition) is 1. The Bertz CT molecular complexity index is 976. The lowest BCUT2D eigenvalue weighted by Gasteiger charge is -2.30. The van der Waals surface area contributed by atoms with Gasteiger partial charge in [-0.1, -0.05) is 121 Å². The number of benzene rings is 4. The molecular formula is C27H24OSi. The second kappa shape index (κ2) is 8.76. The van der Waals surface area contributed by atoms with Crippen LogP contribution >= 0.6 is 0 Å². The molecule has 29 heavy (non-hydrogen) atoms. The van der Waals surface area contributed by atoms with Crippen LogP contribution < -0.4 is 20.3 Å². The van der Waals surface area contributed by atoms with E-state index >= 15 is 0 Å². The van der Waals surface area contributed by atoms with Gasteiger partial charge >= 0.3 is 0 Å². The van der Waals surface area contributed by atoms with E-state index in [2.05, 4.69) is 115 Å². The molecule has 0 N–H and O–H groups in total. The van der Waals surface area contributed by atoms with E-state index in [-0.39, 0.29) is 0 Å². The van der Waals surface area contributed by atoms with E-state index in [1.807, 2.05) is 12.1 Å². The summed E-state index contributed by atoms with van der Waals surface area (Å²) in [6, 6.07) is 40.8. The summed E-state index contributed by atoms with van der Waals surface area (Å²) in [4.78, 5) is 0. The van der Waals surface area contributed by atoms with Gasteiger partial charge in [0.2, 0.25) is 0 Å². The summed E-state index contributed by atoms with van der Waals surface area (Å²) >= 11 is 0. The summed E-state index contributed by atoms with van der Waals surface area (Å²) in [5.41, 5.74) is 3.53. The van der Waals surface area contributed by atoms with Crippen LogP contribution in [-0.4, -0.2) is 15.2 Å². The van der Waals surface area contributed by atoms with Gasteiger partial charge in [-0.3, -0.25) is 0 Å². The lowest BCUT2D eigenvalue weighted by Crippen LogP contribution is -2.66. The van der Waals surface area contributed by atoms with Crippen LogP contribution in [0.4, 0.5) is 0 Å². The van der Waals surface area contributed by atoms with E-state index in [1.165, 1.54) is 15.6 Å². The molecular weight excluding hydrogens is 368 g/mol. The molecule has 0 spiro atoms. The zero-order valence-corrected chi connectivity index (χ0v) is 17.5. The maximum atomic E-state index is 5.59. The third-order valence-electron chi connectivity index (χ3n) is 5.34. The molecule has 0 aromatic heterocycles. The van der Waals surface area contributed by atoms with E-state index in [0.29, 0.717) is 0 Å². The fourth-order valence-corrected chi connectivity index (χ4v) is 8.07. The van der Waals surface area contributed by atoms with E-state index in [9.17, 15) is 0 Å². The van der Waals surface area contributed by atoms with Gasteiger partial charge in [0.15, 0.2) is 8.07 Å². The van der Waals surface area contributed by atoms with Crippen LogP contribution in [0.1, 0.15) is 5.56 Å². The Labute approximate surface area is 174 Å². The average Bonchev–Trinajstić information content (AvgIpc) is 2.82. The third kappa shape index (κ3) is 3.80. The Hall–Kier alpha value is -3.36. The summed E-state index contributed by atoms with van der Waals surface area (Å²) < 4.78 is 5.59. The molecule has 0 unspecified atom stereocenters. The maximum Gasteiger partial charge on any atom is 0.172 e. The molecule has 0 radical (unpaired) electrons. The van der Waals surface area contributed by atoms with Gasteiger partial charge in [-0.25, -0.2) is 0 Å². The molecule has 0 aliphatic rings. The molecule has 0 amide bonds. The zero-order chi connectivity index (χ0) is 19.9. The van der Waals surface area contributed by atoms with Crippen molar-refractivity contribution >= 4 is 29.7 Å². The van der Waals surface area contributed by atoms with Crippen molar-refractivity contribution in [2.45, 2.75) is 0 Å². The third-order valence-corrected chi connectivity index (χ3v) is 9.74. The van der Waals surface area contributed by atoms with Gasteiger partial charge in [-0.05, 0) is 21.6 Å². The van der Waals surface area contributed by atoms with Crippen LogP contribution in [0.2, 0.25) is 0 Å². The van der Waals surface area contributed by atoms with Crippen LogP contribution in [0, 0.1) is 0 Å². The van der Waals surface area contributed by atoms with Crippen molar-refractivity contribution in [3.05, 3.63) is 127 Å². The number of rotatable bonds is 6. The monoisotopic (exact) mass is 392 g/mol. The van der Waals surface area contributed by atoms with Gasteiger partial charge in [-0.2, -0.15) is 0 Å². The molecule has 0 aliphatic heterocycles. The quantitative estimate of drug-likeness (QED) is 0.349. The predicted octanol–water partition coefficient (Wildman–Crippen LogP) is 4.42. The van der Waals surface area contributed by atoms with Gasteiger partial charge in [0, 0.05) is 5.56 Å². The largest absolute Gasteiger partial charge is 0.496 e. The minimum Gasteiger partial charge on any atom is -0.496 e. The highest BCUT2D eigenvalue weighted by Crippen LogP contribution is 2.20. The van der Waals surface area contributed by atoms with E-state index in [4.69, 9.17) is 4.74 Å². The fraction of sp³-hybridized carbons (Fsp3) is 0.0370. The first-order valence-corrected chi connectivity index (χ1v) is 11.9. The molecule has 0 bridgehead atoms. The van der Waals surface area contributed by atoms with Gasteiger partial charge in [0.25, 0.3) is 0 Å². The van der Waals surface area contributed by atoms with Crippen molar-refractivity contribution in [3.8, 4) is 5.75 Å². The van der Waals surface area contributed by atoms with Crippen molar-refractivity contribution < 1.29 is 4.74 Å². The number of methoxy groups -OCH3 is 1. The standard InChI is InChI=1S/C27H24OSi/c1-28-27-20-12-11-13-23(27)21-22-29(24-14-5-2-6-15-24,25-16-7-3-8-17-25)26-18-9-4-10-19-26/h2-22H,1H3/b22-21+. The normalized spacial score (nSPS) is 11.5. The van der Waals surface area contributed by atoms with Crippen LogP contribution in [0.3, 0.4) is 0 Å². The van der Waals surface area contributed by atoms with Crippen LogP contribution in [0.15, 0.2) is 121 Å². The SMILES string of the molecule is COc1ccccc1/C=C/[Si](c1ccccc1)(c1ccccc1)c1ccccc1. The second-order valence-corrected chi connectivity index (χ2v) is 10.7. The summed E-state index contributed by atoms with van der Waals surface area (Å²) in [7, 11) is -0.653. The second-order valence-electron chi connectivity index (χ2n) is 6.98. The molecule has 1 nitrogen and oxygen atoms in total. The van der Waals surface area contributed by atoms with E-state index < -0.39 is 8.07 Å². The maximum absolute atomic E-state index is 5.59. The zero-order valence-electron chi connectivity index (χ0n) is 16.5. The Morgan fingerprint density at radius 2 is 0.966 bits per heavy atom. The highest BCUT2D eigenvalue weighted by Gasteiger charge is 2.36. The molecule has 0 saturated heterocycles. The van der Waals surface area contributed by atoms with E-state index in [0.717, 1.165) is 11.3 Å². The van der Waals surface area contributed by atoms with Gasteiger partial charge in [0.1, 0.15) is 5.75 Å². The molecule has 4 rings (SSSR count). The molecule has 0 heterocycles. The fourth-order valence-electron chi connectivity index (χ4n) is 3.91. The molecule has 142 valence electrons. The molecule has 2 heteroatoms. The molecule has 0 aliphatic carbocycles. The van der Waals surface area contributed by atoms with Crippen molar-refractivity contribution in [2.75, 3.05) is 7.11 Å². The number of hydrogen-bond donors (Lipinski definition) is 0. The predicted molar refractivity (Wildman–Crippen MR) is 126 cm³/mol. The first-order chi connectivity index (χ1) is 14.3. The topological polar surface area (TPSA) is 9.23 Å². The minimum absolute atomic E-state index is 0.890. The Kier molecular flexibility index (Phi) is 5.73. The number of ether oxygens (including phenoxy) is 1. The molecule has 0 saturated carbocycles. The summed E-state index contributed by atoms with van der Waals surface area (Å²) in [5.74, 6) is 0.890. The Balaban J connectivity index is 1.99. The van der Waals surface area contributed by atoms with Gasteiger partial charge < -0.3 is 4.74 Å². The molecule has 4 aromatic carbocycles. The Morgan fingerprint density at radius 3 is 1.41 bits per heavy atom. The Morgan fingerprint density at radius 1 is 0.552 bits per heavy atom. The van der Waals surface area contributed by atoms with Crippen LogP contribution in [-0.2, 0) is 0 Å². The summed E-state index contributed by atoms with van der Waals surface area (Å²) in [5, 5.41) is 4.09. The first-order valence-electron chi connectivity index (χ1n) is 9.83.